The average Bonchev–Trinajstić information content (AvgIpc) is 2.63. The zero-order valence-corrected chi connectivity index (χ0v) is 15.0. The summed E-state index contributed by atoms with van der Waals surface area (Å²) < 4.78 is 57.0. The maximum Gasteiger partial charge on any atom is 0.458 e. The number of benzene rings is 3. The lowest BCUT2D eigenvalue weighted by Crippen LogP contribution is -2.44. The fraction of sp³-hybridized carbons (Fsp3) is 0.105. The number of nitrogens with one attached hydrogen (secondary N) is 1. The van der Waals surface area contributed by atoms with Crippen molar-refractivity contribution in [2.45, 2.75) is 12.2 Å². The summed E-state index contributed by atoms with van der Waals surface area (Å²) in [5, 5.41) is -1.60. The number of amides is 1. The van der Waals surface area contributed by atoms with Gasteiger partial charge in [-0.15, -0.1) is 0 Å². The van der Waals surface area contributed by atoms with E-state index in [4.69, 9.17) is 0 Å². The van der Waals surface area contributed by atoms with Crippen LogP contribution in [0.25, 0.3) is 10.8 Å². The zero-order valence-electron chi connectivity index (χ0n) is 14.1. The number of carbonyl (C=O) groups is 1. The number of hydrogen-bond donors (Lipinski definition) is 1. The van der Waals surface area contributed by atoms with Crippen molar-refractivity contribution in [1.29, 1.82) is 0 Å². The van der Waals surface area contributed by atoms with Gasteiger partial charge < -0.3 is 9.50 Å². The van der Waals surface area contributed by atoms with E-state index >= 15 is 0 Å². The zero-order chi connectivity index (χ0) is 19.7. The van der Waals surface area contributed by atoms with Crippen LogP contribution in [-0.4, -0.2) is 19.6 Å². The van der Waals surface area contributed by atoms with E-state index in [1.165, 1.54) is 30.3 Å². The van der Waals surface area contributed by atoms with E-state index in [0.717, 1.165) is 5.56 Å². The molecule has 0 bridgehead atoms. The van der Waals surface area contributed by atoms with Crippen molar-refractivity contribution >= 4 is 32.5 Å². The minimum Gasteiger partial charge on any atom is -0.378 e. The Morgan fingerprint density at radius 1 is 0.963 bits per heavy atom. The van der Waals surface area contributed by atoms with Gasteiger partial charge in [0.05, 0.1) is 0 Å². The number of anilines is 1. The molecule has 0 atom stereocenters. The van der Waals surface area contributed by atoms with E-state index in [1.807, 2.05) is 5.32 Å². The molecular weight excluding hydrogens is 376 g/mol. The van der Waals surface area contributed by atoms with E-state index in [-0.39, 0.29) is 11.4 Å². The number of aryl methyl sites for hydroxylation is 1. The lowest BCUT2D eigenvalue weighted by molar-refractivity contribution is -0.130. The van der Waals surface area contributed by atoms with Crippen molar-refractivity contribution in [2.75, 3.05) is 5.32 Å². The van der Waals surface area contributed by atoms with E-state index in [1.54, 1.807) is 43.3 Å². The number of hydrogen-bond acceptors (Lipinski definition) is 4. The smallest absolute Gasteiger partial charge is 0.378 e. The van der Waals surface area contributed by atoms with Crippen molar-refractivity contribution < 1.29 is 26.2 Å². The van der Waals surface area contributed by atoms with Crippen LogP contribution < -0.4 is 9.50 Å². The highest BCUT2D eigenvalue weighted by atomic mass is 32.2. The molecule has 0 aliphatic rings. The summed E-state index contributed by atoms with van der Waals surface area (Å²) in [5.41, 5.74) is 0.864. The number of carbonyl (C=O) groups excluding carboxylic acids is 1. The lowest BCUT2D eigenvalue weighted by atomic mass is 10.1. The molecule has 3 aromatic carbocycles. The molecule has 3 aromatic rings. The highest BCUT2D eigenvalue weighted by Crippen LogP contribution is 2.29. The van der Waals surface area contributed by atoms with Crippen LogP contribution in [0.15, 0.2) is 66.7 Å². The van der Waals surface area contributed by atoms with Crippen molar-refractivity contribution in [3.05, 3.63) is 72.3 Å². The number of alkyl halides is 2. The fourth-order valence-corrected chi connectivity index (χ4v) is 3.16. The molecular formula is C19H15F2NO4S. The van der Waals surface area contributed by atoms with E-state index in [0.29, 0.717) is 10.8 Å². The predicted molar refractivity (Wildman–Crippen MR) is 98.3 cm³/mol. The topological polar surface area (TPSA) is 72.5 Å². The Morgan fingerprint density at radius 2 is 1.59 bits per heavy atom. The van der Waals surface area contributed by atoms with Gasteiger partial charge in [-0.1, -0.05) is 54.1 Å². The molecule has 5 nitrogen and oxygen atoms in total. The van der Waals surface area contributed by atoms with Gasteiger partial charge in [0.1, 0.15) is 5.75 Å². The second-order valence-electron chi connectivity index (χ2n) is 5.85. The second-order valence-corrected chi connectivity index (χ2v) is 7.44. The number of halogens is 2. The Labute approximate surface area is 154 Å². The molecule has 0 radical (unpaired) electrons. The average molecular weight is 391 g/mol. The summed E-state index contributed by atoms with van der Waals surface area (Å²) in [6.07, 6.45) is 0. The van der Waals surface area contributed by atoms with Gasteiger partial charge in [-0.2, -0.15) is 17.2 Å². The standard InChI is InChI=1S/C19H15F2NO4S/c1-13-9-11-15(12-10-13)26-27(24,25)19(20,21)18(23)22-17-8-4-6-14-5-2-3-7-16(14)17/h2-12H,1H3,(H,22,23). The Balaban J connectivity index is 1.86. The molecule has 0 aliphatic heterocycles. The van der Waals surface area contributed by atoms with Crippen molar-refractivity contribution in [1.82, 2.24) is 0 Å². The largest absolute Gasteiger partial charge is 0.458 e. The minimum atomic E-state index is -5.54. The van der Waals surface area contributed by atoms with Crippen molar-refractivity contribution in [3.63, 3.8) is 0 Å². The molecule has 0 saturated carbocycles. The fourth-order valence-electron chi connectivity index (χ4n) is 2.42. The lowest BCUT2D eigenvalue weighted by Gasteiger charge is -2.17. The van der Waals surface area contributed by atoms with Crippen LogP contribution in [0, 0.1) is 6.92 Å². The minimum absolute atomic E-state index is 0.0725. The molecule has 27 heavy (non-hydrogen) atoms. The van der Waals surface area contributed by atoms with Crippen LogP contribution in [0.2, 0.25) is 0 Å². The van der Waals surface area contributed by atoms with Crippen molar-refractivity contribution in [2.24, 2.45) is 0 Å². The maximum absolute atomic E-state index is 14.3. The Bertz CT molecular complexity index is 1090. The number of fused-ring (bicyclic) bond motifs is 1. The molecule has 0 aromatic heterocycles. The summed E-state index contributed by atoms with van der Waals surface area (Å²) in [4.78, 5) is 12.0. The number of rotatable bonds is 5. The first-order valence-corrected chi connectivity index (χ1v) is 9.29. The van der Waals surface area contributed by atoms with Gasteiger partial charge in [-0.05, 0) is 30.5 Å². The molecule has 0 aliphatic carbocycles. The maximum atomic E-state index is 14.3. The van der Waals surface area contributed by atoms with Crippen LogP contribution in [0.5, 0.6) is 5.75 Å². The quantitative estimate of drug-likeness (QED) is 0.665. The molecule has 0 heterocycles. The highest BCUT2D eigenvalue weighted by molar-refractivity contribution is 7.89. The van der Waals surface area contributed by atoms with Crippen molar-refractivity contribution in [3.8, 4) is 5.75 Å². The van der Waals surface area contributed by atoms with Gasteiger partial charge in [0.2, 0.25) is 0 Å². The molecule has 1 amide bonds. The van der Waals surface area contributed by atoms with Crippen LogP contribution in [0.3, 0.4) is 0 Å². The van der Waals surface area contributed by atoms with Gasteiger partial charge in [-0.3, -0.25) is 4.79 Å². The van der Waals surface area contributed by atoms with Crippen LogP contribution >= 0.6 is 0 Å². The van der Waals surface area contributed by atoms with E-state index < -0.39 is 21.3 Å². The molecule has 3 rings (SSSR count). The predicted octanol–water partition coefficient (Wildman–Crippen LogP) is 4.09. The normalized spacial score (nSPS) is 12.0. The molecule has 0 spiro atoms. The van der Waals surface area contributed by atoms with Gasteiger partial charge in [0.25, 0.3) is 0 Å². The third-order valence-corrected chi connectivity index (χ3v) is 5.07. The SMILES string of the molecule is Cc1ccc(OS(=O)(=O)C(F)(F)C(=O)Nc2cccc3ccccc23)cc1. The third kappa shape index (κ3) is 3.75. The molecule has 8 heteroatoms. The van der Waals surface area contributed by atoms with Crippen LogP contribution in [0.4, 0.5) is 14.5 Å². The van der Waals surface area contributed by atoms with E-state index in [2.05, 4.69) is 4.18 Å². The van der Waals surface area contributed by atoms with Gasteiger partial charge in [-0.25, -0.2) is 0 Å². The first kappa shape index (κ1) is 18.8. The summed E-state index contributed by atoms with van der Waals surface area (Å²) in [6.45, 7) is 1.74. The summed E-state index contributed by atoms with van der Waals surface area (Å²) >= 11 is 0. The van der Waals surface area contributed by atoms with Crippen LogP contribution in [-0.2, 0) is 14.9 Å². The molecule has 0 unspecified atom stereocenters. The van der Waals surface area contributed by atoms with Gasteiger partial charge in [0.15, 0.2) is 0 Å². The second kappa shape index (κ2) is 6.96. The van der Waals surface area contributed by atoms with Crippen LogP contribution in [0.1, 0.15) is 5.56 Å². The molecule has 1 N–H and O–H groups in total. The summed E-state index contributed by atoms with van der Waals surface area (Å²) in [7, 11) is -5.54. The van der Waals surface area contributed by atoms with E-state index in [9.17, 15) is 22.0 Å². The highest BCUT2D eigenvalue weighted by Gasteiger charge is 2.55. The first-order valence-electron chi connectivity index (χ1n) is 7.88. The van der Waals surface area contributed by atoms with Gasteiger partial charge >= 0.3 is 21.3 Å². The summed E-state index contributed by atoms with van der Waals surface area (Å²) in [6, 6.07) is 16.9. The Hall–Kier alpha value is -3.00. The third-order valence-electron chi connectivity index (χ3n) is 3.84. The first-order chi connectivity index (χ1) is 12.7. The molecule has 0 fully saturated rings. The molecule has 0 saturated heterocycles. The Morgan fingerprint density at radius 3 is 2.30 bits per heavy atom. The summed E-state index contributed by atoms with van der Waals surface area (Å²) in [5.74, 6) is -2.30. The molecule has 140 valence electrons. The van der Waals surface area contributed by atoms with Gasteiger partial charge in [0, 0.05) is 11.1 Å². The monoisotopic (exact) mass is 391 g/mol. The Kier molecular flexibility index (Phi) is 4.84.